The highest BCUT2D eigenvalue weighted by molar-refractivity contribution is 6.31. The van der Waals surface area contributed by atoms with Crippen LogP contribution in [0.2, 0.25) is 10.0 Å². The second-order valence-electron chi connectivity index (χ2n) is 9.80. The zero-order chi connectivity index (χ0) is 26.9. The fraction of sp³-hybridized carbons (Fsp3) is 0.226. The van der Waals surface area contributed by atoms with E-state index in [-0.39, 0.29) is 12.0 Å². The van der Waals surface area contributed by atoms with Crippen molar-refractivity contribution in [3.63, 3.8) is 0 Å². The number of carbonyl (C=O) groups excluding carboxylic acids is 1. The van der Waals surface area contributed by atoms with E-state index in [0.29, 0.717) is 23.0 Å². The monoisotopic (exact) mass is 558 g/mol. The molecule has 39 heavy (non-hydrogen) atoms. The Hall–Kier alpha value is -3.58. The van der Waals surface area contributed by atoms with Gasteiger partial charge in [0.15, 0.2) is 0 Å². The number of rotatable bonds is 7. The van der Waals surface area contributed by atoms with E-state index in [1.807, 2.05) is 60.7 Å². The Kier molecular flexibility index (Phi) is 7.17. The van der Waals surface area contributed by atoms with E-state index in [4.69, 9.17) is 27.9 Å². The second-order valence-corrected chi connectivity index (χ2v) is 10.7. The number of methoxy groups -OCH3 is 1. The van der Waals surface area contributed by atoms with Crippen molar-refractivity contribution in [1.29, 1.82) is 0 Å². The number of hydrogen-bond donors (Lipinski definition) is 2. The summed E-state index contributed by atoms with van der Waals surface area (Å²) in [5, 5.41) is 7.06. The fourth-order valence-corrected chi connectivity index (χ4v) is 6.03. The minimum atomic E-state index is -0.411. The van der Waals surface area contributed by atoms with Crippen molar-refractivity contribution in [2.24, 2.45) is 0 Å². The van der Waals surface area contributed by atoms with Gasteiger partial charge in [-0.3, -0.25) is 14.7 Å². The van der Waals surface area contributed by atoms with Gasteiger partial charge in [-0.05, 0) is 60.0 Å². The van der Waals surface area contributed by atoms with Gasteiger partial charge < -0.3 is 15.0 Å². The van der Waals surface area contributed by atoms with Crippen molar-refractivity contribution in [3.8, 4) is 0 Å². The molecule has 2 atom stereocenters. The van der Waals surface area contributed by atoms with E-state index < -0.39 is 6.04 Å². The number of benzene rings is 3. The van der Waals surface area contributed by atoms with Gasteiger partial charge in [0.2, 0.25) is 0 Å². The summed E-state index contributed by atoms with van der Waals surface area (Å²) in [5.74, 6) is -0.227. The number of anilines is 1. The van der Waals surface area contributed by atoms with E-state index in [2.05, 4.69) is 32.3 Å². The van der Waals surface area contributed by atoms with Crippen LogP contribution in [0.15, 0.2) is 79.0 Å². The standard InChI is InChI=1S/C31H28Cl2N4O2/c1-39-31(38)28-18-24-22-5-2-3-6-26(22)36-29(24)30(19-7-9-20(32)10-8-19)37(28)16-4-14-34-25-13-15-35-27-17-21(33)11-12-23(25)27/h2-3,5-13,15,17,28,30,36H,4,14,16,18H2,1H3,(H,34,35)/t28-,30-/m0/s1. The molecule has 0 unspecified atom stereocenters. The van der Waals surface area contributed by atoms with Gasteiger partial charge in [-0.15, -0.1) is 0 Å². The predicted octanol–water partition coefficient (Wildman–Crippen LogP) is 7.01. The molecule has 0 aliphatic carbocycles. The molecule has 0 amide bonds. The molecule has 3 heterocycles. The van der Waals surface area contributed by atoms with Crippen LogP contribution in [0.1, 0.15) is 29.3 Å². The summed E-state index contributed by atoms with van der Waals surface area (Å²) in [5.41, 5.74) is 6.28. The first kappa shape index (κ1) is 25.7. The topological polar surface area (TPSA) is 70.2 Å². The Morgan fingerprint density at radius 2 is 1.85 bits per heavy atom. The molecule has 0 spiro atoms. The van der Waals surface area contributed by atoms with Gasteiger partial charge in [-0.2, -0.15) is 0 Å². The number of aromatic nitrogens is 2. The lowest BCUT2D eigenvalue weighted by Gasteiger charge is -2.41. The normalized spacial score (nSPS) is 17.3. The average Bonchev–Trinajstić information content (AvgIpc) is 3.33. The molecular weight excluding hydrogens is 531 g/mol. The summed E-state index contributed by atoms with van der Waals surface area (Å²) in [6.45, 7) is 1.41. The smallest absolute Gasteiger partial charge is 0.323 e. The molecule has 5 aromatic rings. The lowest BCUT2D eigenvalue weighted by atomic mass is 9.88. The van der Waals surface area contributed by atoms with E-state index in [1.54, 1.807) is 6.20 Å². The molecule has 1 aliphatic rings. The number of nitrogens with one attached hydrogen (secondary N) is 2. The minimum Gasteiger partial charge on any atom is -0.468 e. The summed E-state index contributed by atoms with van der Waals surface area (Å²) in [4.78, 5) is 23.5. The zero-order valence-electron chi connectivity index (χ0n) is 21.5. The maximum atomic E-state index is 13.2. The summed E-state index contributed by atoms with van der Waals surface area (Å²) in [6.07, 6.45) is 3.18. The summed E-state index contributed by atoms with van der Waals surface area (Å²) in [7, 11) is 1.46. The van der Waals surface area contributed by atoms with Crippen LogP contribution in [-0.2, 0) is 16.0 Å². The first-order valence-electron chi connectivity index (χ1n) is 13.0. The molecule has 6 nitrogen and oxygen atoms in total. The number of pyridine rings is 1. The van der Waals surface area contributed by atoms with Crippen molar-refractivity contribution in [1.82, 2.24) is 14.9 Å². The maximum Gasteiger partial charge on any atom is 0.323 e. The Labute approximate surface area is 236 Å². The van der Waals surface area contributed by atoms with Crippen LogP contribution in [0.5, 0.6) is 0 Å². The SMILES string of the molecule is COC(=O)[C@@H]1Cc2c([nH]c3ccccc23)[C@H](c2ccc(Cl)cc2)N1CCCNc1ccnc2cc(Cl)ccc12. The van der Waals surface area contributed by atoms with Crippen LogP contribution < -0.4 is 5.32 Å². The summed E-state index contributed by atoms with van der Waals surface area (Å²) < 4.78 is 5.32. The highest BCUT2D eigenvalue weighted by Crippen LogP contribution is 2.41. The number of carbonyl (C=O) groups is 1. The van der Waals surface area contributed by atoms with Gasteiger partial charge in [0, 0.05) is 63.4 Å². The largest absolute Gasteiger partial charge is 0.468 e. The minimum absolute atomic E-state index is 0.147. The molecule has 198 valence electrons. The second kappa shape index (κ2) is 10.9. The number of para-hydroxylation sites is 1. The zero-order valence-corrected chi connectivity index (χ0v) is 23.0. The first-order chi connectivity index (χ1) is 19.0. The molecule has 0 bridgehead atoms. The predicted molar refractivity (Wildman–Crippen MR) is 158 cm³/mol. The molecule has 1 aliphatic heterocycles. The molecular formula is C31H28Cl2N4O2. The number of nitrogens with zero attached hydrogens (tertiary/aromatic N) is 2. The number of fused-ring (bicyclic) bond motifs is 4. The van der Waals surface area contributed by atoms with Gasteiger partial charge in [-0.1, -0.05) is 53.5 Å². The molecule has 2 aromatic heterocycles. The highest BCUT2D eigenvalue weighted by atomic mass is 35.5. The number of ether oxygens (including phenoxy) is 1. The average molecular weight is 559 g/mol. The van der Waals surface area contributed by atoms with Crippen LogP contribution in [0.4, 0.5) is 5.69 Å². The van der Waals surface area contributed by atoms with Gasteiger partial charge >= 0.3 is 5.97 Å². The first-order valence-corrected chi connectivity index (χ1v) is 13.8. The van der Waals surface area contributed by atoms with Crippen LogP contribution >= 0.6 is 23.2 Å². The molecule has 0 saturated carbocycles. The summed E-state index contributed by atoms with van der Waals surface area (Å²) in [6, 6.07) is 23.3. The molecule has 2 N–H and O–H groups in total. The quantitative estimate of drug-likeness (QED) is 0.166. The van der Waals surface area contributed by atoms with E-state index in [0.717, 1.165) is 57.3 Å². The van der Waals surface area contributed by atoms with E-state index >= 15 is 0 Å². The number of halogens is 2. The van der Waals surface area contributed by atoms with Gasteiger partial charge in [0.05, 0.1) is 18.7 Å². The molecule has 8 heteroatoms. The highest BCUT2D eigenvalue weighted by Gasteiger charge is 2.41. The number of aromatic amines is 1. The third-order valence-corrected chi connectivity index (χ3v) is 8.01. The molecule has 0 saturated heterocycles. The van der Waals surface area contributed by atoms with Crippen molar-refractivity contribution < 1.29 is 9.53 Å². The lowest BCUT2D eigenvalue weighted by Crippen LogP contribution is -2.49. The third-order valence-electron chi connectivity index (χ3n) is 7.52. The van der Waals surface area contributed by atoms with Gasteiger partial charge in [-0.25, -0.2) is 0 Å². The third kappa shape index (κ3) is 4.96. The number of H-pyrrole nitrogens is 1. The van der Waals surface area contributed by atoms with E-state index in [1.165, 1.54) is 7.11 Å². The Bertz CT molecular complexity index is 1650. The van der Waals surface area contributed by atoms with Gasteiger partial charge in [0.25, 0.3) is 0 Å². The van der Waals surface area contributed by atoms with Crippen LogP contribution in [0.25, 0.3) is 21.8 Å². The Morgan fingerprint density at radius 3 is 2.67 bits per heavy atom. The maximum absolute atomic E-state index is 13.2. The summed E-state index contributed by atoms with van der Waals surface area (Å²) >= 11 is 12.4. The van der Waals surface area contributed by atoms with Gasteiger partial charge in [0.1, 0.15) is 6.04 Å². The Morgan fingerprint density at radius 1 is 1.05 bits per heavy atom. The molecule has 0 fully saturated rings. The van der Waals surface area contributed by atoms with Crippen molar-refractivity contribution >= 4 is 56.7 Å². The lowest BCUT2D eigenvalue weighted by molar-refractivity contribution is -0.148. The molecule has 0 radical (unpaired) electrons. The van der Waals surface area contributed by atoms with Crippen molar-refractivity contribution in [3.05, 3.63) is 106 Å². The van der Waals surface area contributed by atoms with Crippen LogP contribution in [0, 0.1) is 0 Å². The number of esters is 1. The van der Waals surface area contributed by atoms with Crippen LogP contribution in [-0.4, -0.2) is 47.1 Å². The van der Waals surface area contributed by atoms with Crippen molar-refractivity contribution in [2.75, 3.05) is 25.5 Å². The van der Waals surface area contributed by atoms with Crippen molar-refractivity contribution in [2.45, 2.75) is 24.9 Å². The Balaban J connectivity index is 1.31. The molecule has 3 aromatic carbocycles. The molecule has 6 rings (SSSR count). The number of hydrogen-bond acceptors (Lipinski definition) is 5. The van der Waals surface area contributed by atoms with Crippen LogP contribution in [0.3, 0.4) is 0 Å². The fourth-order valence-electron chi connectivity index (χ4n) is 5.73. The van der Waals surface area contributed by atoms with E-state index in [9.17, 15) is 4.79 Å².